The first-order valence-electron chi connectivity index (χ1n) is 8.11. The summed E-state index contributed by atoms with van der Waals surface area (Å²) >= 11 is 1.32. The Morgan fingerprint density at radius 3 is 2.96 bits per heavy atom. The molecule has 4 rings (SSSR count). The Morgan fingerprint density at radius 1 is 1.30 bits per heavy atom. The largest absolute Gasteiger partial charge is 0.482 e. The summed E-state index contributed by atoms with van der Waals surface area (Å²) in [6.07, 6.45) is 0. The summed E-state index contributed by atoms with van der Waals surface area (Å²) in [5, 5.41) is 5.87. The van der Waals surface area contributed by atoms with Crippen LogP contribution in [0.2, 0.25) is 0 Å². The van der Waals surface area contributed by atoms with Crippen LogP contribution in [0.4, 0.5) is 15.2 Å². The standard InChI is InChI=1S/C19H14FN3O3S/c1-10-17(11-5-6-15-14(8-11)21-16(24)9-26-15)22-19(27-10)23-18(25)12-3-2-4-13(20)7-12/h2-8H,9H2,1H3,(H,21,24)(H,22,23,25). The fourth-order valence-corrected chi connectivity index (χ4v) is 3.58. The quantitative estimate of drug-likeness (QED) is 0.720. The zero-order valence-corrected chi connectivity index (χ0v) is 15.0. The lowest BCUT2D eigenvalue weighted by molar-refractivity contribution is -0.118. The van der Waals surface area contributed by atoms with Gasteiger partial charge in [-0.1, -0.05) is 6.07 Å². The molecule has 0 unspecified atom stereocenters. The third kappa shape index (κ3) is 3.52. The predicted octanol–water partition coefficient (Wildman–Crippen LogP) is 3.84. The average Bonchev–Trinajstić information content (AvgIpc) is 3.01. The van der Waals surface area contributed by atoms with Crippen LogP contribution >= 0.6 is 11.3 Å². The monoisotopic (exact) mass is 383 g/mol. The number of rotatable bonds is 3. The maximum absolute atomic E-state index is 13.3. The summed E-state index contributed by atoms with van der Waals surface area (Å²) in [5.41, 5.74) is 2.29. The van der Waals surface area contributed by atoms with Crippen molar-refractivity contribution in [1.82, 2.24) is 4.98 Å². The molecule has 0 radical (unpaired) electrons. The van der Waals surface area contributed by atoms with Gasteiger partial charge in [0.05, 0.1) is 11.4 Å². The van der Waals surface area contributed by atoms with E-state index in [0.717, 1.165) is 10.4 Å². The molecule has 0 saturated carbocycles. The Balaban J connectivity index is 1.59. The van der Waals surface area contributed by atoms with E-state index < -0.39 is 11.7 Å². The van der Waals surface area contributed by atoms with E-state index in [1.807, 2.05) is 13.0 Å². The van der Waals surface area contributed by atoms with E-state index in [0.29, 0.717) is 22.3 Å². The number of ether oxygens (including phenoxy) is 1. The van der Waals surface area contributed by atoms with E-state index in [2.05, 4.69) is 15.6 Å². The van der Waals surface area contributed by atoms with Crippen LogP contribution in [0.5, 0.6) is 5.75 Å². The Labute approximate surface area is 158 Å². The van der Waals surface area contributed by atoms with Crippen molar-refractivity contribution in [2.75, 3.05) is 17.2 Å². The minimum absolute atomic E-state index is 0.00165. The number of aromatic nitrogens is 1. The highest BCUT2D eigenvalue weighted by Gasteiger charge is 2.19. The molecule has 2 heterocycles. The van der Waals surface area contributed by atoms with Gasteiger partial charge >= 0.3 is 0 Å². The van der Waals surface area contributed by atoms with E-state index >= 15 is 0 Å². The van der Waals surface area contributed by atoms with E-state index in [1.54, 1.807) is 12.1 Å². The summed E-state index contributed by atoms with van der Waals surface area (Å²) in [4.78, 5) is 29.1. The lowest BCUT2D eigenvalue weighted by Gasteiger charge is -2.18. The van der Waals surface area contributed by atoms with E-state index in [9.17, 15) is 14.0 Å². The number of fused-ring (bicyclic) bond motifs is 1. The summed E-state index contributed by atoms with van der Waals surface area (Å²) in [5.74, 6) is -0.513. The molecule has 0 aliphatic carbocycles. The first-order valence-corrected chi connectivity index (χ1v) is 8.92. The van der Waals surface area contributed by atoms with Gasteiger partial charge in [-0.25, -0.2) is 9.37 Å². The third-order valence-corrected chi connectivity index (χ3v) is 4.88. The molecule has 1 aliphatic rings. The zero-order chi connectivity index (χ0) is 19.0. The number of aryl methyl sites for hydroxylation is 1. The van der Waals surface area contributed by atoms with Crippen LogP contribution < -0.4 is 15.4 Å². The normalized spacial score (nSPS) is 12.7. The smallest absolute Gasteiger partial charge is 0.262 e. The summed E-state index contributed by atoms with van der Waals surface area (Å²) < 4.78 is 18.6. The molecular weight excluding hydrogens is 369 g/mol. The number of carbonyl (C=O) groups is 2. The summed E-state index contributed by atoms with van der Waals surface area (Å²) in [6, 6.07) is 10.9. The van der Waals surface area contributed by atoms with Gasteiger partial charge in [0.1, 0.15) is 11.6 Å². The molecule has 1 aromatic heterocycles. The maximum Gasteiger partial charge on any atom is 0.262 e. The lowest BCUT2D eigenvalue weighted by atomic mass is 10.1. The fourth-order valence-electron chi connectivity index (χ4n) is 2.75. The highest BCUT2D eigenvalue weighted by atomic mass is 32.1. The van der Waals surface area contributed by atoms with Crippen molar-refractivity contribution in [2.24, 2.45) is 0 Å². The van der Waals surface area contributed by atoms with Gasteiger partial charge in [-0.3, -0.25) is 14.9 Å². The van der Waals surface area contributed by atoms with E-state index in [-0.39, 0.29) is 18.1 Å². The molecule has 27 heavy (non-hydrogen) atoms. The van der Waals surface area contributed by atoms with E-state index in [1.165, 1.54) is 35.6 Å². The number of nitrogens with one attached hydrogen (secondary N) is 2. The number of benzene rings is 2. The second-order valence-corrected chi connectivity index (χ2v) is 7.14. The minimum Gasteiger partial charge on any atom is -0.482 e. The van der Waals surface area contributed by atoms with Gasteiger partial charge in [0.15, 0.2) is 11.7 Å². The third-order valence-electron chi connectivity index (χ3n) is 3.99. The van der Waals surface area contributed by atoms with Crippen LogP contribution in [-0.2, 0) is 4.79 Å². The van der Waals surface area contributed by atoms with Gasteiger partial charge < -0.3 is 10.1 Å². The zero-order valence-electron chi connectivity index (χ0n) is 14.2. The van der Waals surface area contributed by atoms with Crippen molar-refractivity contribution in [3.05, 3.63) is 58.7 Å². The van der Waals surface area contributed by atoms with Gasteiger partial charge in [-0.15, -0.1) is 11.3 Å². The Bertz CT molecular complexity index is 1060. The molecule has 6 nitrogen and oxygen atoms in total. The molecule has 2 N–H and O–H groups in total. The number of amides is 2. The average molecular weight is 383 g/mol. The maximum atomic E-state index is 13.3. The molecule has 0 spiro atoms. The van der Waals surface area contributed by atoms with Crippen molar-refractivity contribution in [1.29, 1.82) is 0 Å². The summed E-state index contributed by atoms with van der Waals surface area (Å²) in [7, 11) is 0. The summed E-state index contributed by atoms with van der Waals surface area (Å²) in [6.45, 7) is 1.89. The number of hydrogen-bond donors (Lipinski definition) is 2. The molecular formula is C19H14FN3O3S. The van der Waals surface area contributed by atoms with Crippen LogP contribution in [0.15, 0.2) is 42.5 Å². The van der Waals surface area contributed by atoms with Crippen LogP contribution in [0.1, 0.15) is 15.2 Å². The van der Waals surface area contributed by atoms with Crippen molar-refractivity contribution in [2.45, 2.75) is 6.92 Å². The van der Waals surface area contributed by atoms with Crippen LogP contribution in [0.3, 0.4) is 0 Å². The molecule has 0 fully saturated rings. The molecule has 8 heteroatoms. The number of carbonyl (C=O) groups excluding carboxylic acids is 2. The highest BCUT2D eigenvalue weighted by molar-refractivity contribution is 7.16. The number of nitrogens with zero attached hydrogens (tertiary/aromatic N) is 1. The molecule has 2 amide bonds. The number of halogens is 1. The fraction of sp³-hybridized carbons (Fsp3) is 0.105. The van der Waals surface area contributed by atoms with Crippen molar-refractivity contribution >= 4 is 34.0 Å². The number of anilines is 2. The SMILES string of the molecule is Cc1sc(NC(=O)c2cccc(F)c2)nc1-c1ccc2c(c1)NC(=O)CO2. The van der Waals surface area contributed by atoms with Crippen LogP contribution in [-0.4, -0.2) is 23.4 Å². The number of thiazole rings is 1. The topological polar surface area (TPSA) is 80.3 Å². The van der Waals surface area contributed by atoms with Gasteiger partial charge in [-0.2, -0.15) is 0 Å². The van der Waals surface area contributed by atoms with Gasteiger partial charge in [0, 0.05) is 16.0 Å². The van der Waals surface area contributed by atoms with Gasteiger partial charge in [-0.05, 0) is 43.3 Å². The Hall–Kier alpha value is -3.26. The molecule has 3 aromatic rings. The molecule has 1 aliphatic heterocycles. The number of hydrogen-bond acceptors (Lipinski definition) is 5. The first-order chi connectivity index (χ1) is 13.0. The van der Waals surface area contributed by atoms with E-state index in [4.69, 9.17) is 4.74 Å². The highest BCUT2D eigenvalue weighted by Crippen LogP contribution is 2.36. The van der Waals surface area contributed by atoms with Crippen LogP contribution in [0, 0.1) is 12.7 Å². The lowest BCUT2D eigenvalue weighted by Crippen LogP contribution is -2.25. The van der Waals surface area contributed by atoms with Crippen molar-refractivity contribution in [3.63, 3.8) is 0 Å². The molecule has 0 atom stereocenters. The first kappa shape index (κ1) is 17.2. The Morgan fingerprint density at radius 2 is 2.15 bits per heavy atom. The molecule has 136 valence electrons. The molecule has 2 aromatic carbocycles. The van der Waals surface area contributed by atoms with Gasteiger partial charge in [0.2, 0.25) is 0 Å². The Kier molecular flexibility index (Phi) is 4.33. The van der Waals surface area contributed by atoms with Crippen LogP contribution in [0.25, 0.3) is 11.3 Å². The van der Waals surface area contributed by atoms with Crippen molar-refractivity contribution < 1.29 is 18.7 Å². The second kappa shape index (κ2) is 6.81. The van der Waals surface area contributed by atoms with Gasteiger partial charge in [0.25, 0.3) is 11.8 Å². The molecule has 0 bridgehead atoms. The predicted molar refractivity (Wildman–Crippen MR) is 101 cm³/mol. The van der Waals surface area contributed by atoms with Crippen molar-refractivity contribution in [3.8, 4) is 17.0 Å². The second-order valence-electron chi connectivity index (χ2n) is 5.94. The molecule has 0 saturated heterocycles. The minimum atomic E-state index is -0.475.